The summed E-state index contributed by atoms with van der Waals surface area (Å²) in [6.07, 6.45) is 1.72. The first kappa shape index (κ1) is 13.1. The minimum Gasteiger partial charge on any atom is -0.492 e. The van der Waals surface area contributed by atoms with Gasteiger partial charge in [0.25, 0.3) is 0 Å². The molecule has 2 rings (SSSR count). The van der Waals surface area contributed by atoms with Crippen LogP contribution in [0.25, 0.3) is 11.3 Å². The molecule has 96 valence electrons. The Morgan fingerprint density at radius 1 is 1.39 bits per heavy atom. The normalized spacial score (nSPS) is 10.6. The Hall–Kier alpha value is -1.37. The first-order valence-electron chi connectivity index (χ1n) is 5.53. The zero-order chi connectivity index (χ0) is 12.8. The van der Waals surface area contributed by atoms with Gasteiger partial charge in [0.1, 0.15) is 5.75 Å². The van der Waals surface area contributed by atoms with E-state index in [1.165, 1.54) is 0 Å². The lowest BCUT2D eigenvalue weighted by molar-refractivity contribution is -0.830. The molecule has 0 aliphatic rings. The fraction of sp³-hybridized carbons (Fsp3) is 0.250. The van der Waals surface area contributed by atoms with Gasteiger partial charge >= 0.3 is 0 Å². The third kappa shape index (κ3) is 3.10. The van der Waals surface area contributed by atoms with Gasteiger partial charge in [-0.2, -0.15) is 10.6 Å². The second-order valence-electron chi connectivity index (χ2n) is 3.62. The first-order chi connectivity index (χ1) is 8.85. The molecule has 0 saturated heterocycles. The van der Waals surface area contributed by atoms with Crippen molar-refractivity contribution in [2.75, 3.05) is 19.0 Å². The third-order valence-electron chi connectivity index (χ3n) is 2.38. The average molecular weight is 313 g/mol. The Morgan fingerprint density at radius 3 is 2.94 bits per heavy atom. The molecule has 1 aromatic carbocycles. The number of hydrogen-bond donors (Lipinski definition) is 2. The molecule has 18 heavy (non-hydrogen) atoms. The van der Waals surface area contributed by atoms with Crippen molar-refractivity contribution >= 4 is 21.6 Å². The number of rotatable bonds is 6. The summed E-state index contributed by atoms with van der Waals surface area (Å²) in [6, 6.07) is 7.80. The number of alkyl halides is 1. The largest absolute Gasteiger partial charge is 0.492 e. The summed E-state index contributed by atoms with van der Waals surface area (Å²) in [7, 11) is 1.63. The Labute approximate surface area is 114 Å². The van der Waals surface area contributed by atoms with E-state index in [9.17, 15) is 0 Å². The summed E-state index contributed by atoms with van der Waals surface area (Å²) in [5.41, 5.74) is 4.56. The fourth-order valence-electron chi connectivity index (χ4n) is 1.65. The Kier molecular flexibility index (Phi) is 4.74. The number of aromatic amines is 1. The SMILES string of the molecule is CO[NH2+]c1ccc(OCCBr)c(-c2ccn[nH]2)c1. The Morgan fingerprint density at radius 2 is 2.28 bits per heavy atom. The zero-order valence-corrected chi connectivity index (χ0v) is 11.6. The van der Waals surface area contributed by atoms with Gasteiger partial charge in [0.2, 0.25) is 0 Å². The van der Waals surface area contributed by atoms with Gasteiger partial charge in [0, 0.05) is 29.2 Å². The summed E-state index contributed by atoms with van der Waals surface area (Å²) in [6.45, 7) is 0.620. The first-order valence-corrected chi connectivity index (χ1v) is 6.66. The molecule has 1 aromatic heterocycles. The highest BCUT2D eigenvalue weighted by Crippen LogP contribution is 2.30. The summed E-state index contributed by atoms with van der Waals surface area (Å²) >= 11 is 3.35. The van der Waals surface area contributed by atoms with Crippen LogP contribution >= 0.6 is 15.9 Å². The van der Waals surface area contributed by atoms with Crippen molar-refractivity contribution in [2.45, 2.75) is 0 Å². The van der Waals surface area contributed by atoms with E-state index < -0.39 is 0 Å². The van der Waals surface area contributed by atoms with Gasteiger partial charge in [-0.25, -0.2) is 4.84 Å². The molecule has 0 fully saturated rings. The van der Waals surface area contributed by atoms with E-state index in [0.717, 1.165) is 28.0 Å². The number of H-pyrrole nitrogens is 1. The summed E-state index contributed by atoms with van der Waals surface area (Å²) < 4.78 is 5.69. The van der Waals surface area contributed by atoms with Crippen LogP contribution in [-0.4, -0.2) is 29.2 Å². The molecule has 5 nitrogen and oxygen atoms in total. The van der Waals surface area contributed by atoms with Crippen molar-refractivity contribution < 1.29 is 15.1 Å². The standard InChI is InChI=1S/C12H14BrN3O2/c1-17-16-9-2-3-12(18-7-5-13)10(8-9)11-4-6-14-15-11/h2-4,6,8,16H,5,7H2,1H3,(H,14,15)/p+1. The van der Waals surface area contributed by atoms with Gasteiger partial charge in [0.15, 0.2) is 5.69 Å². The maximum Gasteiger partial charge on any atom is 0.162 e. The fourth-order valence-corrected chi connectivity index (χ4v) is 1.81. The molecule has 6 heteroatoms. The maximum atomic E-state index is 5.69. The molecule has 1 heterocycles. The molecule has 0 amide bonds. The van der Waals surface area contributed by atoms with E-state index in [-0.39, 0.29) is 0 Å². The van der Waals surface area contributed by atoms with Crippen LogP contribution in [0.5, 0.6) is 5.75 Å². The number of halogens is 1. The monoisotopic (exact) mass is 312 g/mol. The molecule has 0 unspecified atom stereocenters. The summed E-state index contributed by atoms with van der Waals surface area (Å²) in [5.74, 6) is 0.826. The number of nitrogens with one attached hydrogen (secondary N) is 1. The number of hydrogen-bond acceptors (Lipinski definition) is 3. The van der Waals surface area contributed by atoms with E-state index in [1.807, 2.05) is 24.3 Å². The van der Waals surface area contributed by atoms with Crippen molar-refractivity contribution in [1.82, 2.24) is 10.2 Å². The van der Waals surface area contributed by atoms with Gasteiger partial charge in [0.05, 0.1) is 19.4 Å². The molecule has 0 spiro atoms. The van der Waals surface area contributed by atoms with E-state index in [0.29, 0.717) is 6.61 Å². The highest BCUT2D eigenvalue weighted by atomic mass is 79.9. The summed E-state index contributed by atoms with van der Waals surface area (Å²) in [4.78, 5) is 5.02. The van der Waals surface area contributed by atoms with Crippen LogP contribution in [0.4, 0.5) is 5.69 Å². The molecule has 2 aromatic rings. The highest BCUT2D eigenvalue weighted by Gasteiger charge is 2.10. The maximum absolute atomic E-state index is 5.69. The zero-order valence-electron chi connectivity index (χ0n) is 10.0. The number of benzene rings is 1. The van der Waals surface area contributed by atoms with Crippen LogP contribution in [0.15, 0.2) is 30.5 Å². The van der Waals surface area contributed by atoms with Crippen molar-refractivity contribution in [3.8, 4) is 17.0 Å². The van der Waals surface area contributed by atoms with E-state index in [4.69, 9.17) is 9.57 Å². The van der Waals surface area contributed by atoms with E-state index >= 15 is 0 Å². The van der Waals surface area contributed by atoms with Crippen LogP contribution in [0, 0.1) is 0 Å². The van der Waals surface area contributed by atoms with Crippen LogP contribution in [0.1, 0.15) is 0 Å². The number of ether oxygens (including phenoxy) is 1. The Balaban J connectivity index is 2.34. The predicted octanol–water partition coefficient (Wildman–Crippen LogP) is 1.61. The molecular weight excluding hydrogens is 298 g/mol. The lowest BCUT2D eigenvalue weighted by Crippen LogP contribution is -2.75. The number of nitrogens with two attached hydrogens (primary N) is 1. The van der Waals surface area contributed by atoms with Gasteiger partial charge < -0.3 is 4.74 Å². The summed E-state index contributed by atoms with van der Waals surface area (Å²) in [5, 5.41) is 7.70. The van der Waals surface area contributed by atoms with Crippen LogP contribution < -0.4 is 10.2 Å². The van der Waals surface area contributed by atoms with Crippen LogP contribution in [-0.2, 0) is 4.84 Å². The number of quaternary nitrogens is 1. The number of nitrogens with zero attached hydrogens (tertiary/aromatic N) is 1. The van der Waals surface area contributed by atoms with E-state index in [1.54, 1.807) is 18.8 Å². The van der Waals surface area contributed by atoms with Crippen molar-refractivity contribution in [2.24, 2.45) is 0 Å². The lowest BCUT2D eigenvalue weighted by atomic mass is 10.1. The van der Waals surface area contributed by atoms with Crippen LogP contribution in [0.2, 0.25) is 0 Å². The van der Waals surface area contributed by atoms with Crippen molar-refractivity contribution in [3.05, 3.63) is 30.5 Å². The molecule has 0 atom stereocenters. The molecule has 0 radical (unpaired) electrons. The minimum atomic E-state index is 0.620. The van der Waals surface area contributed by atoms with Gasteiger partial charge in [-0.3, -0.25) is 5.10 Å². The van der Waals surface area contributed by atoms with E-state index in [2.05, 4.69) is 26.1 Å². The van der Waals surface area contributed by atoms with Gasteiger partial charge in [-0.05, 0) is 12.1 Å². The second-order valence-corrected chi connectivity index (χ2v) is 4.41. The van der Waals surface area contributed by atoms with Crippen molar-refractivity contribution in [3.63, 3.8) is 0 Å². The van der Waals surface area contributed by atoms with Crippen LogP contribution in [0.3, 0.4) is 0 Å². The highest BCUT2D eigenvalue weighted by molar-refractivity contribution is 9.09. The second kappa shape index (κ2) is 6.53. The van der Waals surface area contributed by atoms with Gasteiger partial charge in [-0.1, -0.05) is 15.9 Å². The quantitative estimate of drug-likeness (QED) is 0.484. The van der Waals surface area contributed by atoms with Gasteiger partial charge in [-0.15, -0.1) is 0 Å². The average Bonchev–Trinajstić information content (AvgIpc) is 2.91. The lowest BCUT2D eigenvalue weighted by Gasteiger charge is -2.10. The molecule has 3 N–H and O–H groups in total. The molecule has 0 saturated carbocycles. The molecule has 0 aliphatic heterocycles. The topological polar surface area (TPSA) is 63.8 Å². The molecular formula is C12H15BrN3O2+. The smallest absolute Gasteiger partial charge is 0.162 e. The Bertz CT molecular complexity index is 488. The predicted molar refractivity (Wildman–Crippen MR) is 71.9 cm³/mol. The molecule has 0 bridgehead atoms. The van der Waals surface area contributed by atoms with Crippen molar-refractivity contribution in [1.29, 1.82) is 0 Å². The minimum absolute atomic E-state index is 0.620. The number of aromatic nitrogens is 2. The third-order valence-corrected chi connectivity index (χ3v) is 2.71. The molecule has 0 aliphatic carbocycles.